The molecule has 1 N–H and O–H groups in total. The van der Waals surface area contributed by atoms with E-state index >= 15 is 0 Å². The number of nitrogens with zero attached hydrogens (tertiary/aromatic N) is 2. The van der Waals surface area contributed by atoms with E-state index in [1.807, 2.05) is 0 Å². The van der Waals surface area contributed by atoms with Crippen molar-refractivity contribution in [2.24, 2.45) is 0 Å². The van der Waals surface area contributed by atoms with Crippen molar-refractivity contribution in [2.75, 3.05) is 18.4 Å². The van der Waals surface area contributed by atoms with E-state index in [0.29, 0.717) is 6.54 Å². The van der Waals surface area contributed by atoms with Crippen molar-refractivity contribution in [3.05, 3.63) is 28.3 Å². The summed E-state index contributed by atoms with van der Waals surface area (Å²) in [6.45, 7) is 7.69. The third-order valence-corrected chi connectivity index (χ3v) is 5.21. The Morgan fingerprint density at radius 2 is 1.95 bits per heavy atom. The van der Waals surface area contributed by atoms with Gasteiger partial charge in [-0.05, 0) is 32.9 Å². The molecule has 1 aromatic carbocycles. The largest absolute Gasteiger partial charge is 0.380 e. The first kappa shape index (κ1) is 17.4. The quantitative estimate of drug-likeness (QED) is 0.616. The van der Waals surface area contributed by atoms with Crippen molar-refractivity contribution < 1.29 is 13.3 Å². The fraction of sp³-hybridized carbons (Fsp3) is 0.538. The summed E-state index contributed by atoms with van der Waals surface area (Å²) in [6.07, 6.45) is 0. The smallest absolute Gasteiger partial charge is 0.312 e. The maximum atomic E-state index is 12.7. The standard InChI is InChI=1S/C13H21N3O4S/c1-5-14-11-8-7-9-12(13(11)16(17)18)21(19,20)15(6-2)10(3)4/h7-10,14H,5-6H2,1-4H3. The van der Waals surface area contributed by atoms with E-state index in [1.54, 1.807) is 27.7 Å². The van der Waals surface area contributed by atoms with E-state index < -0.39 is 20.6 Å². The van der Waals surface area contributed by atoms with Crippen LogP contribution < -0.4 is 5.32 Å². The van der Waals surface area contributed by atoms with Gasteiger partial charge in [-0.3, -0.25) is 10.1 Å². The summed E-state index contributed by atoms with van der Waals surface area (Å²) in [7, 11) is -3.92. The second-order valence-electron chi connectivity index (χ2n) is 4.74. The molecule has 21 heavy (non-hydrogen) atoms. The minimum Gasteiger partial charge on any atom is -0.380 e. The highest BCUT2D eigenvalue weighted by Gasteiger charge is 2.34. The molecule has 0 fully saturated rings. The van der Waals surface area contributed by atoms with Gasteiger partial charge in [-0.25, -0.2) is 8.42 Å². The number of anilines is 1. The zero-order valence-corrected chi connectivity index (χ0v) is 13.5. The van der Waals surface area contributed by atoms with Gasteiger partial charge in [0.05, 0.1) is 4.92 Å². The average molecular weight is 315 g/mol. The van der Waals surface area contributed by atoms with Gasteiger partial charge in [-0.1, -0.05) is 13.0 Å². The van der Waals surface area contributed by atoms with Crippen LogP contribution in [0.1, 0.15) is 27.7 Å². The molecule has 118 valence electrons. The van der Waals surface area contributed by atoms with Gasteiger partial charge in [0.2, 0.25) is 10.0 Å². The number of sulfonamides is 1. The summed E-state index contributed by atoms with van der Waals surface area (Å²) in [5, 5.41) is 14.2. The average Bonchev–Trinajstić information content (AvgIpc) is 2.38. The summed E-state index contributed by atoms with van der Waals surface area (Å²) >= 11 is 0. The summed E-state index contributed by atoms with van der Waals surface area (Å²) < 4.78 is 26.6. The lowest BCUT2D eigenvalue weighted by molar-refractivity contribution is -0.386. The van der Waals surface area contributed by atoms with E-state index in [0.717, 1.165) is 0 Å². The molecule has 0 saturated carbocycles. The van der Waals surface area contributed by atoms with E-state index in [4.69, 9.17) is 0 Å². The number of hydrogen-bond acceptors (Lipinski definition) is 5. The summed E-state index contributed by atoms with van der Waals surface area (Å²) in [5.41, 5.74) is -0.193. The van der Waals surface area contributed by atoms with Crippen LogP contribution in [-0.2, 0) is 10.0 Å². The highest BCUT2D eigenvalue weighted by molar-refractivity contribution is 7.89. The first-order valence-corrected chi connectivity index (χ1v) is 8.24. The van der Waals surface area contributed by atoms with E-state index in [2.05, 4.69) is 5.32 Å². The molecule has 0 bridgehead atoms. The van der Waals surface area contributed by atoms with Crippen LogP contribution in [0.2, 0.25) is 0 Å². The Kier molecular flexibility index (Phi) is 5.68. The van der Waals surface area contributed by atoms with Crippen LogP contribution in [0.4, 0.5) is 11.4 Å². The second-order valence-corrected chi connectivity index (χ2v) is 6.60. The van der Waals surface area contributed by atoms with Gasteiger partial charge in [0.25, 0.3) is 0 Å². The topological polar surface area (TPSA) is 92.6 Å². The number of para-hydroxylation sites is 1. The highest BCUT2D eigenvalue weighted by atomic mass is 32.2. The van der Waals surface area contributed by atoms with Crippen molar-refractivity contribution in [3.8, 4) is 0 Å². The molecule has 0 aliphatic carbocycles. The molecule has 0 aliphatic heterocycles. The van der Waals surface area contributed by atoms with Crippen molar-refractivity contribution in [3.63, 3.8) is 0 Å². The van der Waals surface area contributed by atoms with Crippen LogP contribution >= 0.6 is 0 Å². The van der Waals surface area contributed by atoms with Gasteiger partial charge in [0, 0.05) is 19.1 Å². The molecule has 0 aliphatic rings. The lowest BCUT2D eigenvalue weighted by Gasteiger charge is -2.24. The Bertz CT molecular complexity index is 614. The van der Waals surface area contributed by atoms with E-state index in [1.165, 1.54) is 22.5 Å². The molecule has 1 aromatic rings. The number of nitro benzene ring substituents is 1. The number of benzene rings is 1. The highest BCUT2D eigenvalue weighted by Crippen LogP contribution is 2.34. The molecule has 0 unspecified atom stereocenters. The zero-order valence-electron chi connectivity index (χ0n) is 12.7. The molecule has 0 atom stereocenters. The van der Waals surface area contributed by atoms with Gasteiger partial charge < -0.3 is 5.32 Å². The Balaban J connectivity index is 3.55. The lowest BCUT2D eigenvalue weighted by Crippen LogP contribution is -2.37. The minimum atomic E-state index is -3.92. The zero-order chi connectivity index (χ0) is 16.2. The maximum absolute atomic E-state index is 12.7. The summed E-state index contributed by atoms with van der Waals surface area (Å²) in [6, 6.07) is 4.01. The molecule has 0 amide bonds. The van der Waals surface area contributed by atoms with Gasteiger partial charge >= 0.3 is 5.69 Å². The Labute approximate surface area is 125 Å². The molecule has 0 saturated heterocycles. The van der Waals surface area contributed by atoms with Gasteiger partial charge in [0.1, 0.15) is 5.69 Å². The van der Waals surface area contributed by atoms with Crippen molar-refractivity contribution in [1.29, 1.82) is 0 Å². The molecule has 1 rings (SSSR count). The molecule has 8 heteroatoms. The predicted octanol–water partition coefficient (Wildman–Crippen LogP) is 2.45. The molecular formula is C13H21N3O4S. The SMILES string of the molecule is CCNc1cccc(S(=O)(=O)N(CC)C(C)C)c1[N+](=O)[O-]. The number of nitrogens with one attached hydrogen (secondary N) is 1. The number of nitro groups is 1. The Morgan fingerprint density at radius 3 is 2.38 bits per heavy atom. The number of rotatable bonds is 7. The fourth-order valence-electron chi connectivity index (χ4n) is 2.19. The van der Waals surface area contributed by atoms with Crippen molar-refractivity contribution in [1.82, 2.24) is 4.31 Å². The lowest BCUT2D eigenvalue weighted by atomic mass is 10.2. The van der Waals surface area contributed by atoms with Crippen molar-refractivity contribution >= 4 is 21.4 Å². The van der Waals surface area contributed by atoms with Crippen LogP contribution in [0, 0.1) is 10.1 Å². The first-order valence-electron chi connectivity index (χ1n) is 6.80. The van der Waals surface area contributed by atoms with Crippen LogP contribution in [0.25, 0.3) is 0 Å². The molecule has 0 radical (unpaired) electrons. The first-order chi connectivity index (χ1) is 9.77. The maximum Gasteiger partial charge on any atom is 0.312 e. The van der Waals surface area contributed by atoms with Gasteiger partial charge in [-0.2, -0.15) is 4.31 Å². The molecule has 0 heterocycles. The number of hydrogen-bond donors (Lipinski definition) is 1. The Hall–Kier alpha value is -1.67. The molecule has 7 nitrogen and oxygen atoms in total. The van der Waals surface area contributed by atoms with Crippen LogP contribution in [-0.4, -0.2) is 36.8 Å². The Morgan fingerprint density at radius 1 is 1.33 bits per heavy atom. The van der Waals surface area contributed by atoms with Gasteiger partial charge in [-0.15, -0.1) is 0 Å². The summed E-state index contributed by atoms with van der Waals surface area (Å²) in [5.74, 6) is 0. The second kappa shape index (κ2) is 6.86. The normalized spacial score (nSPS) is 11.9. The third kappa shape index (κ3) is 3.51. The fourth-order valence-corrected chi connectivity index (χ4v) is 4.02. The van der Waals surface area contributed by atoms with Crippen LogP contribution in [0.3, 0.4) is 0 Å². The van der Waals surface area contributed by atoms with E-state index in [-0.39, 0.29) is 23.2 Å². The van der Waals surface area contributed by atoms with Crippen LogP contribution in [0.5, 0.6) is 0 Å². The minimum absolute atomic E-state index is 0.211. The molecule has 0 aromatic heterocycles. The summed E-state index contributed by atoms with van der Waals surface area (Å²) in [4.78, 5) is 10.4. The van der Waals surface area contributed by atoms with Crippen LogP contribution in [0.15, 0.2) is 23.1 Å². The predicted molar refractivity (Wildman–Crippen MR) is 82.0 cm³/mol. The molecule has 0 spiro atoms. The van der Waals surface area contributed by atoms with E-state index in [9.17, 15) is 18.5 Å². The third-order valence-electron chi connectivity index (χ3n) is 3.02. The monoisotopic (exact) mass is 315 g/mol. The molecular weight excluding hydrogens is 294 g/mol. The van der Waals surface area contributed by atoms with Gasteiger partial charge in [0.15, 0.2) is 4.90 Å². The van der Waals surface area contributed by atoms with Crippen molar-refractivity contribution in [2.45, 2.75) is 38.6 Å².